The predicted octanol–water partition coefficient (Wildman–Crippen LogP) is 1.96. The van der Waals surface area contributed by atoms with Gasteiger partial charge in [-0.2, -0.15) is 5.26 Å². The number of rotatable bonds is 1. The Labute approximate surface area is 168 Å². The molecule has 4 atom stereocenters. The van der Waals surface area contributed by atoms with Crippen LogP contribution in [0.1, 0.15) is 31.9 Å². The van der Waals surface area contributed by atoms with E-state index >= 15 is 0 Å². The molecular weight excluding hydrogens is 386 g/mol. The van der Waals surface area contributed by atoms with Crippen LogP contribution >= 0.6 is 25.3 Å². The Morgan fingerprint density at radius 2 is 1.85 bits per heavy atom. The van der Waals surface area contributed by atoms with Crippen molar-refractivity contribution in [2.24, 2.45) is 5.41 Å². The van der Waals surface area contributed by atoms with Gasteiger partial charge in [0.1, 0.15) is 0 Å². The van der Waals surface area contributed by atoms with Crippen molar-refractivity contribution in [1.29, 1.82) is 5.26 Å². The van der Waals surface area contributed by atoms with Crippen molar-refractivity contribution in [3.8, 4) is 17.6 Å². The third kappa shape index (κ3) is 2.23. The first-order valence-corrected chi connectivity index (χ1v) is 9.33. The van der Waals surface area contributed by atoms with Crippen LogP contribution in [0.3, 0.4) is 0 Å². The van der Waals surface area contributed by atoms with Crippen LogP contribution in [-0.2, 0) is 9.59 Å². The number of thiol groups is 2. The monoisotopic (exact) mass is 405 g/mol. The fraction of sp³-hybridized carbons (Fsp3) is 0.500. The van der Waals surface area contributed by atoms with Gasteiger partial charge in [0.2, 0.25) is 6.79 Å². The van der Waals surface area contributed by atoms with Crippen LogP contribution in [0, 0.1) is 16.7 Å². The molecule has 142 valence electrons. The third-order valence-electron chi connectivity index (χ3n) is 5.77. The maximum Gasteiger partial charge on any atom is 0.260 e. The first kappa shape index (κ1) is 18.3. The largest absolute Gasteiger partial charge is 0.454 e. The van der Waals surface area contributed by atoms with Gasteiger partial charge in [0, 0.05) is 13.5 Å². The summed E-state index contributed by atoms with van der Waals surface area (Å²) >= 11 is 9.07. The minimum Gasteiger partial charge on any atom is -0.454 e. The molecule has 3 aliphatic rings. The summed E-state index contributed by atoms with van der Waals surface area (Å²) in [4.78, 5) is 26.4. The molecule has 0 radical (unpaired) electrons. The molecule has 1 unspecified atom stereocenters. The van der Waals surface area contributed by atoms with Crippen molar-refractivity contribution in [1.82, 2.24) is 9.80 Å². The number of amides is 2. The van der Waals surface area contributed by atoms with E-state index < -0.39 is 21.2 Å². The molecule has 1 aromatic rings. The molecule has 2 fully saturated rings. The van der Waals surface area contributed by atoms with E-state index in [1.165, 1.54) is 16.8 Å². The second-order valence-corrected chi connectivity index (χ2v) is 9.21. The van der Waals surface area contributed by atoms with E-state index in [1.807, 2.05) is 0 Å². The lowest BCUT2D eigenvalue weighted by molar-refractivity contribution is -0.163. The summed E-state index contributed by atoms with van der Waals surface area (Å²) in [6.07, 6.45) is 0.109. The summed E-state index contributed by atoms with van der Waals surface area (Å²) in [6.45, 7) is 3.44. The summed E-state index contributed by atoms with van der Waals surface area (Å²) in [5.41, 5.74) is -0.329. The highest BCUT2D eigenvalue weighted by atomic mass is 32.1. The molecule has 27 heavy (non-hydrogen) atoms. The van der Waals surface area contributed by atoms with Gasteiger partial charge in [-0.05, 0) is 31.5 Å². The van der Waals surface area contributed by atoms with E-state index in [4.69, 9.17) is 9.47 Å². The number of nitriles is 1. The standard InChI is InChI=1S/C18H19N3O4S2/c1-16(8-19)7-18(27)15(23)20(3)17(2,26)14(22)21(18)13(16)10-4-5-11-12(6-10)25-9-24-11/h4-6,13,26-27H,7,9H2,1-3H3/t13-,16+,17?,18-/m0/s1. The number of carbonyl (C=O) groups excluding carboxylic acids is 2. The van der Waals surface area contributed by atoms with Crippen molar-refractivity contribution in [3.05, 3.63) is 23.8 Å². The Hall–Kier alpha value is -2.05. The first-order chi connectivity index (χ1) is 12.6. The molecule has 9 heteroatoms. The molecule has 2 amide bonds. The zero-order valence-corrected chi connectivity index (χ0v) is 16.9. The maximum absolute atomic E-state index is 13.4. The van der Waals surface area contributed by atoms with Gasteiger partial charge in [0.25, 0.3) is 11.8 Å². The number of hydrogen-bond donors (Lipinski definition) is 2. The van der Waals surface area contributed by atoms with Crippen LogP contribution in [0.25, 0.3) is 0 Å². The van der Waals surface area contributed by atoms with Crippen molar-refractivity contribution >= 4 is 37.1 Å². The Morgan fingerprint density at radius 3 is 2.52 bits per heavy atom. The van der Waals surface area contributed by atoms with E-state index in [1.54, 1.807) is 32.0 Å². The zero-order chi connectivity index (χ0) is 19.8. The van der Waals surface area contributed by atoms with E-state index in [2.05, 4.69) is 31.3 Å². The quantitative estimate of drug-likeness (QED) is 0.698. The summed E-state index contributed by atoms with van der Waals surface area (Å²) in [7, 11) is 1.53. The fourth-order valence-electron chi connectivity index (χ4n) is 4.20. The molecule has 4 rings (SSSR count). The lowest BCUT2D eigenvalue weighted by Crippen LogP contribution is -2.69. The summed E-state index contributed by atoms with van der Waals surface area (Å²) in [5.74, 6) is 0.426. The molecule has 3 aliphatic heterocycles. The predicted molar refractivity (Wildman–Crippen MR) is 102 cm³/mol. The molecule has 1 aromatic carbocycles. The van der Waals surface area contributed by atoms with Crippen LogP contribution in [0.15, 0.2) is 18.2 Å². The molecule has 3 heterocycles. The van der Waals surface area contributed by atoms with E-state index in [0.717, 1.165) is 0 Å². The van der Waals surface area contributed by atoms with Gasteiger partial charge >= 0.3 is 0 Å². The third-order valence-corrected chi connectivity index (χ3v) is 6.82. The normalized spacial score (nSPS) is 37.4. The summed E-state index contributed by atoms with van der Waals surface area (Å²) in [6, 6.07) is 6.93. The molecule has 0 aliphatic carbocycles. The summed E-state index contributed by atoms with van der Waals surface area (Å²) < 4.78 is 10.8. The minimum absolute atomic E-state index is 0.109. The average Bonchev–Trinajstić information content (AvgIpc) is 3.19. The first-order valence-electron chi connectivity index (χ1n) is 8.44. The Morgan fingerprint density at radius 1 is 1.19 bits per heavy atom. The Bertz CT molecular complexity index is 914. The van der Waals surface area contributed by atoms with Gasteiger partial charge in [0.05, 0.1) is 17.5 Å². The van der Waals surface area contributed by atoms with E-state index in [0.29, 0.717) is 17.1 Å². The molecular formula is C18H19N3O4S2. The number of likely N-dealkylation sites (N-methyl/N-ethyl adjacent to an activating group) is 1. The van der Waals surface area contributed by atoms with Crippen LogP contribution in [-0.4, -0.2) is 45.2 Å². The Kier molecular flexibility index (Phi) is 3.72. The van der Waals surface area contributed by atoms with Crippen LogP contribution in [0.2, 0.25) is 0 Å². The van der Waals surface area contributed by atoms with Crippen molar-refractivity contribution in [2.45, 2.75) is 36.1 Å². The highest BCUT2D eigenvalue weighted by Crippen LogP contribution is 2.59. The van der Waals surface area contributed by atoms with Gasteiger partial charge in [0.15, 0.2) is 21.2 Å². The summed E-state index contributed by atoms with van der Waals surface area (Å²) in [5, 5.41) is 9.96. The van der Waals surface area contributed by atoms with Crippen LogP contribution in [0.4, 0.5) is 0 Å². The smallest absolute Gasteiger partial charge is 0.260 e. The molecule has 0 aromatic heterocycles. The molecule has 0 saturated carbocycles. The van der Waals surface area contributed by atoms with E-state index in [9.17, 15) is 14.9 Å². The molecule has 7 nitrogen and oxygen atoms in total. The van der Waals surface area contributed by atoms with Gasteiger partial charge in [-0.15, -0.1) is 25.3 Å². The van der Waals surface area contributed by atoms with Crippen LogP contribution < -0.4 is 9.47 Å². The highest BCUT2D eigenvalue weighted by molar-refractivity contribution is 7.83. The number of ether oxygens (including phenoxy) is 2. The molecule has 0 spiro atoms. The number of fused-ring (bicyclic) bond motifs is 2. The van der Waals surface area contributed by atoms with Gasteiger partial charge in [-0.25, -0.2) is 0 Å². The number of hydrogen-bond acceptors (Lipinski definition) is 7. The molecule has 0 bridgehead atoms. The van der Waals surface area contributed by atoms with E-state index in [-0.39, 0.29) is 25.0 Å². The SMILES string of the molecule is CN1C(=O)[C@@]2(S)C[C@](C)(C#N)[C@H](c3ccc4c(c3)OCO4)N2C(=O)C1(C)S. The zero-order valence-electron chi connectivity index (χ0n) is 15.1. The fourth-order valence-corrected chi connectivity index (χ4v) is 5.08. The lowest BCUT2D eigenvalue weighted by atomic mass is 9.79. The molecule has 2 saturated heterocycles. The van der Waals surface area contributed by atoms with Crippen LogP contribution in [0.5, 0.6) is 11.5 Å². The number of nitrogens with zero attached hydrogens (tertiary/aromatic N) is 3. The molecule has 0 N–H and O–H groups in total. The maximum atomic E-state index is 13.4. The second kappa shape index (κ2) is 5.49. The second-order valence-electron chi connectivity index (χ2n) is 7.60. The number of piperazine rings is 1. The van der Waals surface area contributed by atoms with Crippen molar-refractivity contribution in [2.75, 3.05) is 13.8 Å². The number of carbonyl (C=O) groups is 2. The highest BCUT2D eigenvalue weighted by Gasteiger charge is 2.68. The average molecular weight is 406 g/mol. The van der Waals surface area contributed by atoms with Gasteiger partial charge in [-0.3, -0.25) is 9.59 Å². The van der Waals surface area contributed by atoms with Crippen molar-refractivity contribution < 1.29 is 19.1 Å². The Balaban J connectivity index is 1.91. The van der Waals surface area contributed by atoms with Crippen molar-refractivity contribution in [3.63, 3.8) is 0 Å². The topological polar surface area (TPSA) is 82.9 Å². The minimum atomic E-state index is -1.42. The number of benzene rings is 1. The lowest BCUT2D eigenvalue weighted by Gasteiger charge is -2.50. The van der Waals surface area contributed by atoms with Gasteiger partial charge in [-0.1, -0.05) is 6.07 Å². The van der Waals surface area contributed by atoms with Gasteiger partial charge < -0.3 is 19.3 Å².